The molecule has 17 heavy (non-hydrogen) atoms. The maximum atomic E-state index is 6.26. The van der Waals surface area contributed by atoms with Crippen molar-refractivity contribution < 1.29 is 0 Å². The van der Waals surface area contributed by atoms with Crippen molar-refractivity contribution in [3.05, 3.63) is 28.8 Å². The maximum absolute atomic E-state index is 6.26. The highest BCUT2D eigenvalue weighted by Gasteiger charge is 2.28. The van der Waals surface area contributed by atoms with Gasteiger partial charge in [0.25, 0.3) is 0 Å². The Bertz CT molecular complexity index is 408. The minimum atomic E-state index is 0.324. The normalized spacial score (nSPS) is 19.4. The Morgan fingerprint density at radius 3 is 2.88 bits per heavy atom. The Hall–Kier alpha value is 0.140. The van der Waals surface area contributed by atoms with Crippen LogP contribution in [0.4, 0.5) is 5.69 Å². The van der Waals surface area contributed by atoms with Gasteiger partial charge in [0.05, 0.1) is 0 Å². The SMILES string of the molecule is CC1(C)CN(c2cccc(Cl)c2CBr)CCS1. The fourth-order valence-corrected chi connectivity index (χ4v) is 4.30. The molecule has 1 heterocycles. The molecule has 4 heteroatoms. The van der Waals surface area contributed by atoms with Crippen molar-refractivity contribution in [2.45, 2.75) is 23.9 Å². The van der Waals surface area contributed by atoms with E-state index >= 15 is 0 Å². The fourth-order valence-electron chi connectivity index (χ4n) is 2.20. The number of thioether (sulfide) groups is 1. The number of anilines is 1. The van der Waals surface area contributed by atoms with Gasteiger partial charge in [-0.25, -0.2) is 0 Å². The van der Waals surface area contributed by atoms with Crippen LogP contribution >= 0.6 is 39.3 Å². The van der Waals surface area contributed by atoms with Crippen LogP contribution in [-0.4, -0.2) is 23.6 Å². The summed E-state index contributed by atoms with van der Waals surface area (Å²) in [7, 11) is 0. The molecule has 1 saturated heterocycles. The van der Waals surface area contributed by atoms with E-state index in [2.05, 4.69) is 52.5 Å². The van der Waals surface area contributed by atoms with Gasteiger partial charge in [-0.1, -0.05) is 33.6 Å². The van der Waals surface area contributed by atoms with Gasteiger partial charge in [0, 0.05) is 45.2 Å². The van der Waals surface area contributed by atoms with Crippen LogP contribution in [0.25, 0.3) is 0 Å². The Kier molecular flexibility index (Phi) is 4.32. The second-order valence-electron chi connectivity index (χ2n) is 4.90. The molecule has 1 nitrogen and oxygen atoms in total. The average molecular weight is 335 g/mol. The molecule has 1 fully saturated rings. The Morgan fingerprint density at radius 1 is 1.47 bits per heavy atom. The third-order valence-corrected chi connectivity index (χ3v) is 5.21. The highest BCUT2D eigenvalue weighted by molar-refractivity contribution is 9.08. The lowest BCUT2D eigenvalue weighted by atomic mass is 10.1. The standard InChI is InChI=1S/C13H17BrClNS/c1-13(2)9-16(6-7-17-13)12-5-3-4-11(15)10(12)8-14/h3-5H,6-9H2,1-2H3. The van der Waals surface area contributed by atoms with Crippen molar-refractivity contribution in [2.24, 2.45) is 0 Å². The van der Waals surface area contributed by atoms with E-state index in [-0.39, 0.29) is 0 Å². The molecular formula is C13H17BrClNS. The van der Waals surface area contributed by atoms with Crippen molar-refractivity contribution in [2.75, 3.05) is 23.7 Å². The van der Waals surface area contributed by atoms with E-state index in [0.29, 0.717) is 4.75 Å². The number of hydrogen-bond donors (Lipinski definition) is 0. The summed E-state index contributed by atoms with van der Waals surface area (Å²) in [5.41, 5.74) is 2.49. The number of halogens is 2. The van der Waals surface area contributed by atoms with Crippen LogP contribution in [0.3, 0.4) is 0 Å². The molecule has 0 unspecified atom stereocenters. The van der Waals surface area contributed by atoms with E-state index in [9.17, 15) is 0 Å². The second kappa shape index (κ2) is 5.41. The lowest BCUT2D eigenvalue weighted by Crippen LogP contribution is -2.43. The smallest absolute Gasteiger partial charge is 0.0467 e. The summed E-state index contributed by atoms with van der Waals surface area (Å²) in [6.07, 6.45) is 0. The summed E-state index contributed by atoms with van der Waals surface area (Å²) in [5, 5.41) is 1.67. The monoisotopic (exact) mass is 333 g/mol. The van der Waals surface area contributed by atoms with E-state index in [1.807, 2.05) is 12.1 Å². The predicted octanol–water partition coefficient (Wildman–Crippen LogP) is 4.57. The number of benzene rings is 1. The number of alkyl halides is 1. The molecule has 1 aromatic carbocycles. The lowest BCUT2D eigenvalue weighted by Gasteiger charge is -2.39. The molecule has 0 amide bonds. The van der Waals surface area contributed by atoms with Crippen LogP contribution in [0.2, 0.25) is 5.02 Å². The highest BCUT2D eigenvalue weighted by atomic mass is 79.9. The van der Waals surface area contributed by atoms with Crippen LogP contribution in [0, 0.1) is 0 Å². The predicted molar refractivity (Wildman–Crippen MR) is 82.8 cm³/mol. The molecule has 0 N–H and O–H groups in total. The van der Waals surface area contributed by atoms with Crippen LogP contribution in [0.1, 0.15) is 19.4 Å². The topological polar surface area (TPSA) is 3.24 Å². The number of hydrogen-bond acceptors (Lipinski definition) is 2. The summed E-state index contributed by atoms with van der Waals surface area (Å²) >= 11 is 11.8. The zero-order chi connectivity index (χ0) is 12.5. The van der Waals surface area contributed by atoms with Crippen LogP contribution in [-0.2, 0) is 5.33 Å². The number of nitrogens with zero attached hydrogens (tertiary/aromatic N) is 1. The molecule has 2 rings (SSSR count). The van der Waals surface area contributed by atoms with Crippen LogP contribution < -0.4 is 4.90 Å². The van der Waals surface area contributed by atoms with E-state index in [0.717, 1.165) is 23.4 Å². The van der Waals surface area contributed by atoms with Gasteiger partial charge in [-0.3, -0.25) is 0 Å². The molecule has 0 radical (unpaired) electrons. The Labute approximate surface area is 121 Å². The van der Waals surface area contributed by atoms with Crippen molar-refractivity contribution in [1.82, 2.24) is 0 Å². The average Bonchev–Trinajstić information content (AvgIpc) is 2.27. The summed E-state index contributed by atoms with van der Waals surface area (Å²) in [6.45, 7) is 6.80. The summed E-state index contributed by atoms with van der Waals surface area (Å²) < 4.78 is 0.324. The molecule has 0 aromatic heterocycles. The molecule has 0 aliphatic carbocycles. The van der Waals surface area contributed by atoms with E-state index < -0.39 is 0 Å². The maximum Gasteiger partial charge on any atom is 0.0467 e. The summed E-state index contributed by atoms with van der Waals surface area (Å²) in [5.74, 6) is 1.18. The fraction of sp³-hybridized carbons (Fsp3) is 0.538. The summed E-state index contributed by atoms with van der Waals surface area (Å²) in [4.78, 5) is 2.46. The first kappa shape index (κ1) is 13.6. The highest BCUT2D eigenvalue weighted by Crippen LogP contribution is 2.36. The number of rotatable bonds is 2. The molecule has 0 saturated carbocycles. The van der Waals surface area contributed by atoms with E-state index in [1.54, 1.807) is 0 Å². The van der Waals surface area contributed by atoms with Gasteiger partial charge >= 0.3 is 0 Å². The third kappa shape index (κ3) is 3.12. The van der Waals surface area contributed by atoms with E-state index in [4.69, 9.17) is 11.6 Å². The summed E-state index contributed by atoms with van der Waals surface area (Å²) in [6, 6.07) is 6.18. The Morgan fingerprint density at radius 2 is 2.24 bits per heavy atom. The molecule has 94 valence electrons. The quantitative estimate of drug-likeness (QED) is 0.729. The van der Waals surface area contributed by atoms with Crippen molar-refractivity contribution in [3.63, 3.8) is 0 Å². The van der Waals surface area contributed by atoms with Crippen molar-refractivity contribution >= 4 is 45.0 Å². The zero-order valence-corrected chi connectivity index (χ0v) is 13.3. The lowest BCUT2D eigenvalue weighted by molar-refractivity contribution is 0.646. The largest absolute Gasteiger partial charge is 0.369 e. The molecule has 1 aromatic rings. The molecule has 0 spiro atoms. The molecule has 0 atom stereocenters. The van der Waals surface area contributed by atoms with Crippen LogP contribution in [0.15, 0.2) is 18.2 Å². The van der Waals surface area contributed by atoms with Gasteiger partial charge in [0.2, 0.25) is 0 Å². The van der Waals surface area contributed by atoms with E-state index in [1.165, 1.54) is 17.0 Å². The first-order valence-electron chi connectivity index (χ1n) is 5.76. The van der Waals surface area contributed by atoms with Gasteiger partial charge in [-0.05, 0) is 26.0 Å². The molecular weight excluding hydrogens is 318 g/mol. The van der Waals surface area contributed by atoms with Gasteiger partial charge in [-0.2, -0.15) is 11.8 Å². The molecule has 1 aliphatic heterocycles. The van der Waals surface area contributed by atoms with Gasteiger partial charge in [-0.15, -0.1) is 0 Å². The molecule has 0 bridgehead atoms. The second-order valence-corrected chi connectivity index (χ2v) is 7.67. The van der Waals surface area contributed by atoms with Crippen molar-refractivity contribution in [1.29, 1.82) is 0 Å². The third-order valence-electron chi connectivity index (χ3n) is 2.99. The van der Waals surface area contributed by atoms with Gasteiger partial charge in [0.15, 0.2) is 0 Å². The first-order valence-corrected chi connectivity index (χ1v) is 8.24. The molecule has 1 aliphatic rings. The minimum Gasteiger partial charge on any atom is -0.369 e. The first-order chi connectivity index (χ1) is 8.03. The zero-order valence-electron chi connectivity index (χ0n) is 10.2. The van der Waals surface area contributed by atoms with Gasteiger partial charge in [0.1, 0.15) is 0 Å². The Balaban J connectivity index is 2.30. The minimum absolute atomic E-state index is 0.324. The van der Waals surface area contributed by atoms with Crippen LogP contribution in [0.5, 0.6) is 0 Å². The van der Waals surface area contributed by atoms with Crippen molar-refractivity contribution in [3.8, 4) is 0 Å². The van der Waals surface area contributed by atoms with Gasteiger partial charge < -0.3 is 4.90 Å².